The van der Waals surface area contributed by atoms with Crippen LogP contribution in [-0.4, -0.2) is 45.8 Å². The molecule has 0 aromatic heterocycles. The van der Waals surface area contributed by atoms with Gasteiger partial charge >= 0.3 is 0 Å². The summed E-state index contributed by atoms with van der Waals surface area (Å²) >= 11 is 0. The lowest BCUT2D eigenvalue weighted by Crippen LogP contribution is -2.34. The van der Waals surface area contributed by atoms with Crippen molar-refractivity contribution in [3.05, 3.63) is 0 Å². The topological polar surface area (TPSA) is 62.1 Å². The molecule has 0 rings (SSSR count). The number of hydrogen-bond donors (Lipinski definition) is 4. The fraction of sp³-hybridized carbons (Fsp3) is 1.00. The molecule has 98 valence electrons. The Morgan fingerprint density at radius 3 is 1.81 bits per heavy atom. The Hall–Kier alpha value is -0.160. The second-order valence-electron chi connectivity index (χ2n) is 4.10. The van der Waals surface area contributed by atoms with Crippen molar-refractivity contribution in [2.75, 3.05) is 45.8 Å². The van der Waals surface area contributed by atoms with Gasteiger partial charge in [-0.3, -0.25) is 0 Å². The van der Waals surface area contributed by atoms with E-state index in [1.165, 1.54) is 25.7 Å². The number of hydrogen-bond acceptors (Lipinski definition) is 4. The molecular weight excluding hydrogens is 200 g/mol. The van der Waals surface area contributed by atoms with Gasteiger partial charge in [-0.2, -0.15) is 0 Å². The van der Waals surface area contributed by atoms with Crippen molar-refractivity contribution in [2.24, 2.45) is 5.73 Å². The number of nitrogens with one attached hydrogen (secondary N) is 3. The van der Waals surface area contributed by atoms with E-state index in [0.29, 0.717) is 0 Å². The fourth-order valence-corrected chi connectivity index (χ4v) is 1.51. The molecule has 0 radical (unpaired) electrons. The lowest BCUT2D eigenvalue weighted by atomic mass is 10.2. The van der Waals surface area contributed by atoms with Gasteiger partial charge in [0.1, 0.15) is 0 Å². The zero-order chi connectivity index (χ0) is 11.9. The largest absolute Gasteiger partial charge is 0.329 e. The average molecular weight is 230 g/mol. The van der Waals surface area contributed by atoms with Gasteiger partial charge in [0.15, 0.2) is 0 Å². The quantitative estimate of drug-likeness (QED) is 0.344. The molecule has 0 aliphatic heterocycles. The third kappa shape index (κ3) is 13.8. The maximum absolute atomic E-state index is 5.37. The molecule has 5 N–H and O–H groups in total. The van der Waals surface area contributed by atoms with E-state index in [9.17, 15) is 0 Å². The summed E-state index contributed by atoms with van der Waals surface area (Å²) in [6, 6.07) is 0. The molecule has 0 fully saturated rings. The van der Waals surface area contributed by atoms with Crippen molar-refractivity contribution < 1.29 is 0 Å². The molecule has 0 atom stereocenters. The standard InChI is InChI=1S/C12H30N4/c1-2-3-4-5-7-14-9-11-16-12-10-15-8-6-13/h14-16H,2-13H2,1H3. The zero-order valence-electron chi connectivity index (χ0n) is 10.9. The van der Waals surface area contributed by atoms with E-state index in [2.05, 4.69) is 22.9 Å². The maximum Gasteiger partial charge on any atom is 0.00772 e. The highest BCUT2D eigenvalue weighted by Crippen LogP contribution is 1.96. The van der Waals surface area contributed by atoms with Crippen LogP contribution in [0.15, 0.2) is 0 Å². The maximum atomic E-state index is 5.37. The number of rotatable bonds is 13. The van der Waals surface area contributed by atoms with Crippen LogP contribution in [0.2, 0.25) is 0 Å². The summed E-state index contributed by atoms with van der Waals surface area (Å²) in [7, 11) is 0. The third-order valence-corrected chi connectivity index (χ3v) is 2.49. The molecule has 0 saturated heterocycles. The predicted octanol–water partition coefficient (Wildman–Crippen LogP) is 0.294. The molecule has 0 amide bonds. The van der Waals surface area contributed by atoms with E-state index in [1.54, 1.807) is 0 Å². The minimum Gasteiger partial charge on any atom is -0.329 e. The SMILES string of the molecule is CCCCCCNCCNCCNCCN. The Morgan fingerprint density at radius 1 is 0.688 bits per heavy atom. The Balaban J connectivity index is 2.83. The smallest absolute Gasteiger partial charge is 0.00772 e. The summed E-state index contributed by atoms with van der Waals surface area (Å²) in [6.45, 7) is 9.20. The molecule has 0 aliphatic rings. The van der Waals surface area contributed by atoms with Crippen molar-refractivity contribution in [3.8, 4) is 0 Å². The van der Waals surface area contributed by atoms with E-state index >= 15 is 0 Å². The molecule has 0 bridgehead atoms. The van der Waals surface area contributed by atoms with E-state index in [0.717, 1.165) is 45.8 Å². The zero-order valence-corrected chi connectivity index (χ0v) is 10.9. The minimum atomic E-state index is 0.722. The van der Waals surface area contributed by atoms with Crippen molar-refractivity contribution in [1.29, 1.82) is 0 Å². The van der Waals surface area contributed by atoms with Crippen LogP contribution in [-0.2, 0) is 0 Å². The summed E-state index contributed by atoms with van der Waals surface area (Å²) in [5.74, 6) is 0. The Bertz CT molecular complexity index is 106. The molecule has 16 heavy (non-hydrogen) atoms. The van der Waals surface area contributed by atoms with Crippen LogP contribution in [0.5, 0.6) is 0 Å². The molecule has 0 aliphatic carbocycles. The van der Waals surface area contributed by atoms with Gasteiger partial charge in [0.05, 0.1) is 0 Å². The molecule has 4 nitrogen and oxygen atoms in total. The highest BCUT2D eigenvalue weighted by molar-refractivity contribution is 4.55. The fourth-order valence-electron chi connectivity index (χ4n) is 1.51. The second-order valence-corrected chi connectivity index (χ2v) is 4.10. The van der Waals surface area contributed by atoms with Gasteiger partial charge in [0.2, 0.25) is 0 Å². The van der Waals surface area contributed by atoms with Crippen molar-refractivity contribution in [2.45, 2.75) is 32.6 Å². The van der Waals surface area contributed by atoms with Gasteiger partial charge in [-0.05, 0) is 13.0 Å². The van der Waals surface area contributed by atoms with Gasteiger partial charge in [0, 0.05) is 39.3 Å². The highest BCUT2D eigenvalue weighted by atomic mass is 15.0. The first-order valence-electron chi connectivity index (χ1n) is 6.74. The van der Waals surface area contributed by atoms with Gasteiger partial charge in [0.25, 0.3) is 0 Å². The van der Waals surface area contributed by atoms with Crippen LogP contribution >= 0.6 is 0 Å². The van der Waals surface area contributed by atoms with Crippen molar-refractivity contribution in [3.63, 3.8) is 0 Å². The highest BCUT2D eigenvalue weighted by Gasteiger charge is 1.89. The van der Waals surface area contributed by atoms with Crippen LogP contribution in [0.3, 0.4) is 0 Å². The van der Waals surface area contributed by atoms with Crippen LogP contribution in [0.1, 0.15) is 32.6 Å². The Labute approximate surface area is 101 Å². The molecule has 0 heterocycles. The second kappa shape index (κ2) is 14.8. The molecular formula is C12H30N4. The van der Waals surface area contributed by atoms with E-state index in [4.69, 9.17) is 5.73 Å². The van der Waals surface area contributed by atoms with Crippen LogP contribution in [0.25, 0.3) is 0 Å². The van der Waals surface area contributed by atoms with Gasteiger partial charge < -0.3 is 21.7 Å². The Morgan fingerprint density at radius 2 is 1.25 bits per heavy atom. The summed E-state index contributed by atoms with van der Waals surface area (Å²) < 4.78 is 0. The minimum absolute atomic E-state index is 0.722. The number of unbranched alkanes of at least 4 members (excludes halogenated alkanes) is 3. The average Bonchev–Trinajstić information content (AvgIpc) is 2.31. The van der Waals surface area contributed by atoms with E-state index < -0.39 is 0 Å². The van der Waals surface area contributed by atoms with Gasteiger partial charge in [-0.25, -0.2) is 0 Å². The molecule has 0 saturated carbocycles. The van der Waals surface area contributed by atoms with Gasteiger partial charge in [-0.15, -0.1) is 0 Å². The third-order valence-electron chi connectivity index (χ3n) is 2.49. The Kier molecular flexibility index (Phi) is 14.7. The lowest BCUT2D eigenvalue weighted by Gasteiger charge is -2.07. The first-order chi connectivity index (χ1) is 7.91. The van der Waals surface area contributed by atoms with Crippen LogP contribution in [0.4, 0.5) is 0 Å². The van der Waals surface area contributed by atoms with Crippen LogP contribution < -0.4 is 21.7 Å². The number of nitrogens with two attached hydrogens (primary N) is 1. The monoisotopic (exact) mass is 230 g/mol. The van der Waals surface area contributed by atoms with E-state index in [-0.39, 0.29) is 0 Å². The summed E-state index contributed by atoms with van der Waals surface area (Å²) in [5, 5.41) is 10.1. The summed E-state index contributed by atoms with van der Waals surface area (Å²) in [4.78, 5) is 0. The first-order valence-corrected chi connectivity index (χ1v) is 6.74. The van der Waals surface area contributed by atoms with Crippen molar-refractivity contribution >= 4 is 0 Å². The summed E-state index contributed by atoms with van der Waals surface area (Å²) in [6.07, 6.45) is 5.36. The molecule has 0 unspecified atom stereocenters. The normalized spacial score (nSPS) is 10.9. The molecule has 0 aromatic rings. The predicted molar refractivity (Wildman–Crippen MR) is 71.8 cm³/mol. The molecule has 0 spiro atoms. The van der Waals surface area contributed by atoms with Crippen molar-refractivity contribution in [1.82, 2.24) is 16.0 Å². The van der Waals surface area contributed by atoms with Gasteiger partial charge in [-0.1, -0.05) is 26.2 Å². The molecule has 0 aromatic carbocycles. The van der Waals surface area contributed by atoms with E-state index in [1.807, 2.05) is 0 Å². The first kappa shape index (κ1) is 15.8. The summed E-state index contributed by atoms with van der Waals surface area (Å²) in [5.41, 5.74) is 5.37. The van der Waals surface area contributed by atoms with Crippen LogP contribution in [0, 0.1) is 0 Å². The lowest BCUT2D eigenvalue weighted by molar-refractivity contribution is 0.561. The molecule has 4 heteroatoms.